The molecule has 2 heteroatoms. The molecule has 2 rings (SSSR count). The van der Waals surface area contributed by atoms with Crippen molar-refractivity contribution in [1.82, 2.24) is 5.32 Å². The number of nitrogens with one attached hydrogen (secondary N) is 1. The third-order valence-corrected chi connectivity index (χ3v) is 4.85. The molecule has 0 bridgehead atoms. The highest BCUT2D eigenvalue weighted by Crippen LogP contribution is 2.27. The van der Waals surface area contributed by atoms with Crippen LogP contribution in [0.15, 0.2) is 18.2 Å². The Morgan fingerprint density at radius 3 is 2.48 bits per heavy atom. The molecule has 0 saturated heterocycles. The summed E-state index contributed by atoms with van der Waals surface area (Å²) in [6.45, 7) is 10.6. The lowest BCUT2D eigenvalue weighted by Gasteiger charge is -2.28. The summed E-state index contributed by atoms with van der Waals surface area (Å²) in [5.41, 5.74) is 4.07. The monoisotopic (exact) mass is 289 g/mol. The van der Waals surface area contributed by atoms with E-state index >= 15 is 0 Å². The first-order valence-corrected chi connectivity index (χ1v) is 8.52. The van der Waals surface area contributed by atoms with Crippen molar-refractivity contribution < 1.29 is 4.74 Å². The average molecular weight is 289 g/mol. The predicted octanol–water partition coefficient (Wildman–Crippen LogP) is 4.55. The molecule has 0 radical (unpaired) electrons. The van der Waals surface area contributed by atoms with Crippen molar-refractivity contribution in [3.63, 3.8) is 0 Å². The fourth-order valence-electron chi connectivity index (χ4n) is 3.13. The first kappa shape index (κ1) is 16.5. The number of hydrogen-bond donors (Lipinski definition) is 1. The second kappa shape index (κ2) is 7.95. The number of likely N-dealkylation sites (N-methyl/N-ethyl adjacent to an activating group) is 1. The van der Waals surface area contributed by atoms with E-state index in [1.807, 2.05) is 0 Å². The maximum absolute atomic E-state index is 6.21. The zero-order chi connectivity index (χ0) is 15.2. The molecular weight excluding hydrogens is 258 g/mol. The normalized spacial score (nSPS) is 24.0. The first-order chi connectivity index (χ1) is 10.1. The highest BCUT2D eigenvalue weighted by molar-refractivity contribution is 5.31. The van der Waals surface area contributed by atoms with E-state index in [2.05, 4.69) is 51.2 Å². The zero-order valence-electron chi connectivity index (χ0n) is 14.1. The summed E-state index contributed by atoms with van der Waals surface area (Å²) in [7, 11) is 0. The average Bonchev–Trinajstić information content (AvgIpc) is 2.48. The Bertz CT molecular complexity index is 435. The van der Waals surface area contributed by atoms with Crippen LogP contribution in [-0.2, 0) is 4.74 Å². The van der Waals surface area contributed by atoms with E-state index in [9.17, 15) is 0 Å². The van der Waals surface area contributed by atoms with Gasteiger partial charge in [-0.05, 0) is 68.7 Å². The van der Waals surface area contributed by atoms with Crippen molar-refractivity contribution in [2.45, 2.75) is 65.5 Å². The minimum Gasteiger partial charge on any atom is -0.376 e. The van der Waals surface area contributed by atoms with Crippen molar-refractivity contribution >= 4 is 0 Å². The number of aryl methyl sites for hydroxylation is 2. The maximum Gasteiger partial charge on any atom is 0.0665 e. The molecule has 1 aromatic carbocycles. The Kier molecular flexibility index (Phi) is 6.25. The van der Waals surface area contributed by atoms with Crippen LogP contribution < -0.4 is 5.32 Å². The Morgan fingerprint density at radius 2 is 1.86 bits per heavy atom. The minimum atomic E-state index is 0.314. The van der Waals surface area contributed by atoms with Gasteiger partial charge in [0, 0.05) is 0 Å². The van der Waals surface area contributed by atoms with Gasteiger partial charge < -0.3 is 10.1 Å². The van der Waals surface area contributed by atoms with Gasteiger partial charge in [-0.1, -0.05) is 32.0 Å². The van der Waals surface area contributed by atoms with Crippen LogP contribution in [-0.4, -0.2) is 19.3 Å². The fourth-order valence-corrected chi connectivity index (χ4v) is 3.13. The van der Waals surface area contributed by atoms with Gasteiger partial charge in [0.15, 0.2) is 0 Å². The molecule has 118 valence electrons. The summed E-state index contributed by atoms with van der Waals surface area (Å²) in [5.74, 6) is 0.883. The fraction of sp³-hybridized carbons (Fsp3) is 0.684. The molecule has 0 amide bonds. The third-order valence-electron chi connectivity index (χ3n) is 4.85. The van der Waals surface area contributed by atoms with E-state index < -0.39 is 0 Å². The van der Waals surface area contributed by atoms with Crippen molar-refractivity contribution in [3.8, 4) is 0 Å². The summed E-state index contributed by atoms with van der Waals surface area (Å²) in [6.07, 6.45) is 5.56. The summed E-state index contributed by atoms with van der Waals surface area (Å²) in [6, 6.07) is 7.07. The van der Waals surface area contributed by atoms with Gasteiger partial charge in [0.2, 0.25) is 0 Å². The molecule has 21 heavy (non-hydrogen) atoms. The van der Waals surface area contributed by atoms with Crippen LogP contribution in [0.4, 0.5) is 0 Å². The Hall–Kier alpha value is -0.860. The van der Waals surface area contributed by atoms with Crippen LogP contribution >= 0.6 is 0 Å². The van der Waals surface area contributed by atoms with Crippen LogP contribution in [0.3, 0.4) is 0 Å². The lowest BCUT2D eigenvalue weighted by Crippen LogP contribution is -2.29. The van der Waals surface area contributed by atoms with E-state index in [4.69, 9.17) is 4.74 Å². The Labute approximate surface area is 130 Å². The molecule has 0 heterocycles. The maximum atomic E-state index is 6.21. The van der Waals surface area contributed by atoms with Crippen molar-refractivity contribution in [1.29, 1.82) is 0 Å². The van der Waals surface area contributed by atoms with Gasteiger partial charge in [-0.3, -0.25) is 0 Å². The van der Waals surface area contributed by atoms with Gasteiger partial charge in [-0.25, -0.2) is 0 Å². The summed E-state index contributed by atoms with van der Waals surface area (Å²) in [4.78, 5) is 0. The van der Waals surface area contributed by atoms with Gasteiger partial charge in [0.1, 0.15) is 0 Å². The van der Waals surface area contributed by atoms with Gasteiger partial charge in [0.05, 0.1) is 18.8 Å². The second-order valence-corrected chi connectivity index (χ2v) is 6.67. The highest BCUT2D eigenvalue weighted by Gasteiger charge is 2.20. The molecule has 1 fully saturated rings. The molecule has 1 saturated carbocycles. The van der Waals surface area contributed by atoms with E-state index in [0.717, 1.165) is 19.1 Å². The van der Waals surface area contributed by atoms with Crippen molar-refractivity contribution in [3.05, 3.63) is 34.9 Å². The number of benzene rings is 1. The van der Waals surface area contributed by atoms with Crippen LogP contribution in [0.25, 0.3) is 0 Å². The number of ether oxygens (including phenoxy) is 1. The van der Waals surface area contributed by atoms with E-state index in [0.29, 0.717) is 12.1 Å². The van der Waals surface area contributed by atoms with Crippen LogP contribution in [0.2, 0.25) is 0 Å². The molecule has 1 aliphatic carbocycles. The highest BCUT2D eigenvalue weighted by atomic mass is 16.5. The minimum absolute atomic E-state index is 0.314. The zero-order valence-corrected chi connectivity index (χ0v) is 14.1. The first-order valence-electron chi connectivity index (χ1n) is 8.52. The molecule has 0 spiro atoms. The molecule has 1 aliphatic rings. The van der Waals surface area contributed by atoms with Crippen LogP contribution in [0.1, 0.15) is 62.3 Å². The lowest BCUT2D eigenvalue weighted by atomic mass is 9.89. The van der Waals surface area contributed by atoms with E-state index in [1.165, 1.54) is 42.4 Å². The largest absolute Gasteiger partial charge is 0.376 e. The second-order valence-electron chi connectivity index (χ2n) is 6.67. The SMILES string of the molecule is CCNC(COC1CCC(C)CC1)c1ccc(C)c(C)c1. The van der Waals surface area contributed by atoms with Gasteiger partial charge in [-0.2, -0.15) is 0 Å². The van der Waals surface area contributed by atoms with Gasteiger partial charge >= 0.3 is 0 Å². The number of hydrogen-bond acceptors (Lipinski definition) is 2. The Balaban J connectivity index is 1.93. The molecular formula is C19H31NO. The van der Waals surface area contributed by atoms with Crippen LogP contribution in [0, 0.1) is 19.8 Å². The van der Waals surface area contributed by atoms with Crippen molar-refractivity contribution in [2.75, 3.05) is 13.2 Å². The van der Waals surface area contributed by atoms with Gasteiger partial charge in [0.25, 0.3) is 0 Å². The van der Waals surface area contributed by atoms with Crippen LogP contribution in [0.5, 0.6) is 0 Å². The van der Waals surface area contributed by atoms with Crippen molar-refractivity contribution in [2.24, 2.45) is 5.92 Å². The molecule has 0 aliphatic heterocycles. The summed E-state index contributed by atoms with van der Waals surface area (Å²) in [5, 5.41) is 3.57. The van der Waals surface area contributed by atoms with E-state index in [1.54, 1.807) is 0 Å². The standard InChI is InChI=1S/C19H31NO/c1-5-20-19(17-9-8-15(3)16(4)12-17)13-21-18-10-6-14(2)7-11-18/h8-9,12,14,18-20H,5-7,10-11,13H2,1-4H3. The Morgan fingerprint density at radius 1 is 1.14 bits per heavy atom. The van der Waals surface area contributed by atoms with E-state index in [-0.39, 0.29) is 0 Å². The molecule has 1 N–H and O–H groups in total. The predicted molar refractivity (Wildman–Crippen MR) is 89.7 cm³/mol. The molecule has 1 atom stereocenters. The lowest BCUT2D eigenvalue weighted by molar-refractivity contribution is 0.00808. The number of rotatable bonds is 6. The molecule has 0 aromatic heterocycles. The topological polar surface area (TPSA) is 21.3 Å². The smallest absolute Gasteiger partial charge is 0.0665 e. The quantitative estimate of drug-likeness (QED) is 0.829. The summed E-state index contributed by atoms with van der Waals surface area (Å²) < 4.78 is 6.21. The molecule has 1 unspecified atom stereocenters. The summed E-state index contributed by atoms with van der Waals surface area (Å²) >= 11 is 0. The molecule has 1 aromatic rings. The third kappa shape index (κ3) is 4.82. The molecule has 2 nitrogen and oxygen atoms in total. The van der Waals surface area contributed by atoms with Gasteiger partial charge in [-0.15, -0.1) is 0 Å².